The number of rotatable bonds is 6. The summed E-state index contributed by atoms with van der Waals surface area (Å²) in [4.78, 5) is 12.3. The summed E-state index contributed by atoms with van der Waals surface area (Å²) in [5.74, 6) is 0.209. The highest BCUT2D eigenvalue weighted by molar-refractivity contribution is 6.05. The average molecular weight is 343 g/mol. The molecule has 24 heavy (non-hydrogen) atoms. The third kappa shape index (κ3) is 4.72. The lowest BCUT2D eigenvalue weighted by Gasteiger charge is -2.09. The fourth-order valence-corrected chi connectivity index (χ4v) is 2.03. The van der Waals surface area contributed by atoms with Crippen molar-refractivity contribution in [3.05, 3.63) is 41.7 Å². The molecule has 1 N–H and O–H groups in total. The minimum Gasteiger partial charge on any atom is -0.496 e. The molecule has 0 radical (unpaired) electrons. The maximum atomic E-state index is 12.3. The van der Waals surface area contributed by atoms with Crippen molar-refractivity contribution in [1.29, 1.82) is 0 Å². The minimum atomic E-state index is -4.39. The van der Waals surface area contributed by atoms with Crippen molar-refractivity contribution in [3.63, 3.8) is 0 Å². The zero-order valence-electron chi connectivity index (χ0n) is 13.1. The monoisotopic (exact) mass is 343 g/mol. The number of halogens is 3. The highest BCUT2D eigenvalue weighted by Gasteiger charge is 2.27. The number of ether oxygens (including phenoxy) is 2. The molecule has 0 atom stereocenters. The standard InChI is InChI=1S/C15H16F3N3O3/c1-10-12(4-3-5-13(10)23-2)14(22)20-11-6-19-21(7-11)9-24-8-15(16,17)18/h3-7H,8-9H2,1-2H3,(H,20,22). The third-order valence-corrected chi connectivity index (χ3v) is 3.13. The van der Waals surface area contributed by atoms with E-state index < -0.39 is 12.8 Å². The van der Waals surface area contributed by atoms with E-state index in [-0.39, 0.29) is 12.6 Å². The number of anilines is 1. The number of carbonyl (C=O) groups is 1. The van der Waals surface area contributed by atoms with Gasteiger partial charge in [-0.05, 0) is 19.1 Å². The maximum absolute atomic E-state index is 12.3. The van der Waals surface area contributed by atoms with E-state index in [1.807, 2.05) is 0 Å². The molecule has 0 fully saturated rings. The van der Waals surface area contributed by atoms with E-state index in [9.17, 15) is 18.0 Å². The van der Waals surface area contributed by atoms with Gasteiger partial charge in [-0.2, -0.15) is 18.3 Å². The van der Waals surface area contributed by atoms with Crippen LogP contribution < -0.4 is 10.1 Å². The van der Waals surface area contributed by atoms with Gasteiger partial charge < -0.3 is 14.8 Å². The number of hydrogen-bond acceptors (Lipinski definition) is 4. The van der Waals surface area contributed by atoms with E-state index in [2.05, 4.69) is 15.2 Å². The van der Waals surface area contributed by atoms with Crippen LogP contribution in [0.5, 0.6) is 5.75 Å². The van der Waals surface area contributed by atoms with Crippen LogP contribution in [0, 0.1) is 6.92 Å². The van der Waals surface area contributed by atoms with Crippen molar-refractivity contribution >= 4 is 11.6 Å². The van der Waals surface area contributed by atoms with Crippen LogP contribution in [0.1, 0.15) is 15.9 Å². The predicted molar refractivity (Wildman–Crippen MR) is 79.9 cm³/mol. The van der Waals surface area contributed by atoms with Crippen molar-refractivity contribution in [2.24, 2.45) is 0 Å². The number of methoxy groups -OCH3 is 1. The van der Waals surface area contributed by atoms with Gasteiger partial charge in [0.2, 0.25) is 0 Å². The van der Waals surface area contributed by atoms with Crippen LogP contribution in [0.25, 0.3) is 0 Å². The Morgan fingerprint density at radius 1 is 1.38 bits per heavy atom. The molecule has 1 aromatic carbocycles. The molecule has 1 amide bonds. The first-order valence-electron chi connectivity index (χ1n) is 6.92. The van der Waals surface area contributed by atoms with Gasteiger partial charge >= 0.3 is 6.18 Å². The van der Waals surface area contributed by atoms with E-state index >= 15 is 0 Å². The number of amides is 1. The molecule has 0 spiro atoms. The topological polar surface area (TPSA) is 65.4 Å². The molecule has 0 bridgehead atoms. The molecule has 9 heteroatoms. The van der Waals surface area contributed by atoms with E-state index in [1.54, 1.807) is 25.1 Å². The van der Waals surface area contributed by atoms with Gasteiger partial charge in [0.25, 0.3) is 5.91 Å². The second kappa shape index (κ2) is 7.35. The summed E-state index contributed by atoms with van der Waals surface area (Å²) in [6.45, 7) is 0.0211. The molecule has 0 saturated heterocycles. The predicted octanol–water partition coefficient (Wildman–Crippen LogP) is 2.99. The summed E-state index contributed by atoms with van der Waals surface area (Å²) in [5, 5.41) is 6.45. The van der Waals surface area contributed by atoms with Gasteiger partial charge in [-0.15, -0.1) is 0 Å². The average Bonchev–Trinajstić information content (AvgIpc) is 2.93. The highest BCUT2D eigenvalue weighted by Crippen LogP contribution is 2.22. The molecule has 2 rings (SSSR count). The molecule has 6 nitrogen and oxygen atoms in total. The van der Waals surface area contributed by atoms with E-state index in [4.69, 9.17) is 4.74 Å². The summed E-state index contributed by atoms with van der Waals surface area (Å²) >= 11 is 0. The second-order valence-electron chi connectivity index (χ2n) is 4.95. The molecular formula is C15H16F3N3O3. The first-order chi connectivity index (χ1) is 11.3. The number of nitrogens with zero attached hydrogens (tertiary/aromatic N) is 2. The Kier molecular flexibility index (Phi) is 5.45. The van der Waals surface area contributed by atoms with Gasteiger partial charge in [-0.3, -0.25) is 4.79 Å². The molecular weight excluding hydrogens is 327 g/mol. The van der Waals surface area contributed by atoms with Crippen LogP contribution in [0.2, 0.25) is 0 Å². The molecule has 0 aliphatic carbocycles. The Morgan fingerprint density at radius 3 is 2.79 bits per heavy atom. The van der Waals surface area contributed by atoms with Crippen molar-refractivity contribution in [2.75, 3.05) is 19.0 Å². The van der Waals surface area contributed by atoms with Crippen LogP contribution in [-0.4, -0.2) is 35.6 Å². The Morgan fingerprint density at radius 2 is 2.12 bits per heavy atom. The fraction of sp³-hybridized carbons (Fsp3) is 0.333. The Balaban J connectivity index is 1.98. The van der Waals surface area contributed by atoms with Gasteiger partial charge in [0.1, 0.15) is 19.1 Å². The van der Waals surface area contributed by atoms with Crippen LogP contribution in [0.3, 0.4) is 0 Å². The smallest absolute Gasteiger partial charge is 0.411 e. The number of hydrogen-bond donors (Lipinski definition) is 1. The summed E-state index contributed by atoms with van der Waals surface area (Å²) < 4.78 is 46.8. The van der Waals surface area contributed by atoms with Crippen molar-refractivity contribution in [1.82, 2.24) is 9.78 Å². The first kappa shape index (κ1) is 17.8. The van der Waals surface area contributed by atoms with Crippen LogP contribution in [-0.2, 0) is 11.5 Å². The molecule has 0 aliphatic rings. The minimum absolute atomic E-state index is 0.345. The lowest BCUT2D eigenvalue weighted by atomic mass is 10.1. The van der Waals surface area contributed by atoms with Crippen molar-refractivity contribution < 1.29 is 27.4 Å². The van der Waals surface area contributed by atoms with Crippen LogP contribution in [0.15, 0.2) is 30.6 Å². The summed E-state index contributed by atoms with van der Waals surface area (Å²) in [6, 6.07) is 5.07. The van der Waals surface area contributed by atoms with Crippen molar-refractivity contribution in [3.8, 4) is 5.75 Å². The molecule has 1 aromatic heterocycles. The van der Waals surface area contributed by atoms with Gasteiger partial charge in [-0.1, -0.05) is 6.07 Å². The number of nitrogens with one attached hydrogen (secondary N) is 1. The number of benzene rings is 1. The third-order valence-electron chi connectivity index (χ3n) is 3.13. The molecule has 1 heterocycles. The number of aromatic nitrogens is 2. The van der Waals surface area contributed by atoms with Gasteiger partial charge in [0.05, 0.1) is 25.2 Å². The fourth-order valence-electron chi connectivity index (χ4n) is 2.03. The lowest BCUT2D eigenvalue weighted by molar-refractivity contribution is -0.182. The van der Waals surface area contributed by atoms with Gasteiger partial charge in [0.15, 0.2) is 0 Å². The normalized spacial score (nSPS) is 11.4. The van der Waals surface area contributed by atoms with E-state index in [1.165, 1.54) is 19.5 Å². The molecule has 130 valence electrons. The summed E-state index contributed by atoms with van der Waals surface area (Å²) in [6.07, 6.45) is -1.69. The Labute approximate surface area is 136 Å². The summed E-state index contributed by atoms with van der Waals surface area (Å²) in [5.41, 5.74) is 1.45. The highest BCUT2D eigenvalue weighted by atomic mass is 19.4. The number of carbonyl (C=O) groups excluding carboxylic acids is 1. The zero-order valence-corrected chi connectivity index (χ0v) is 13.1. The lowest BCUT2D eigenvalue weighted by Crippen LogP contribution is -2.18. The first-order valence-corrected chi connectivity index (χ1v) is 6.92. The van der Waals surface area contributed by atoms with E-state index in [0.29, 0.717) is 22.6 Å². The maximum Gasteiger partial charge on any atom is 0.411 e. The zero-order chi connectivity index (χ0) is 17.7. The Bertz CT molecular complexity index is 713. The quantitative estimate of drug-likeness (QED) is 0.876. The molecule has 0 unspecified atom stereocenters. The molecule has 2 aromatic rings. The van der Waals surface area contributed by atoms with Crippen LogP contribution >= 0.6 is 0 Å². The molecule has 0 aliphatic heterocycles. The van der Waals surface area contributed by atoms with E-state index in [0.717, 1.165) is 4.68 Å². The molecule has 0 saturated carbocycles. The largest absolute Gasteiger partial charge is 0.496 e. The SMILES string of the molecule is COc1cccc(C(=O)Nc2cnn(COCC(F)(F)F)c2)c1C. The summed E-state index contributed by atoms with van der Waals surface area (Å²) in [7, 11) is 1.51. The van der Waals surface area contributed by atoms with Crippen molar-refractivity contribution in [2.45, 2.75) is 19.8 Å². The second-order valence-corrected chi connectivity index (χ2v) is 4.95. The van der Waals surface area contributed by atoms with Crippen LogP contribution in [0.4, 0.5) is 18.9 Å². The van der Waals surface area contributed by atoms with Gasteiger partial charge in [-0.25, -0.2) is 4.68 Å². The van der Waals surface area contributed by atoms with Gasteiger partial charge in [0, 0.05) is 11.1 Å². The Hall–Kier alpha value is -2.55. The number of alkyl halides is 3.